The molecule has 0 spiro atoms. The van der Waals surface area contributed by atoms with Crippen molar-refractivity contribution in [2.75, 3.05) is 23.5 Å². The summed E-state index contributed by atoms with van der Waals surface area (Å²) in [7, 11) is 1.54. The van der Waals surface area contributed by atoms with Crippen LogP contribution in [0.4, 0.5) is 17.1 Å². The number of para-hydroxylation sites is 2. The Kier molecular flexibility index (Phi) is 9.12. The van der Waals surface area contributed by atoms with Crippen LogP contribution in [0.25, 0.3) is 10.9 Å². The van der Waals surface area contributed by atoms with Gasteiger partial charge < -0.3 is 25.7 Å². The number of aryl methyl sites for hydroxylation is 1. The van der Waals surface area contributed by atoms with Gasteiger partial charge in [-0.05, 0) is 66.3 Å². The Morgan fingerprint density at radius 2 is 1.66 bits per heavy atom. The summed E-state index contributed by atoms with van der Waals surface area (Å²) in [5.74, 6) is -0.00586. The summed E-state index contributed by atoms with van der Waals surface area (Å²) in [5, 5.41) is 6.14. The number of hydrogen-bond donors (Lipinski definition) is 3. The number of hydrogen-bond acceptors (Lipinski definition) is 5. The summed E-state index contributed by atoms with van der Waals surface area (Å²) in [5.41, 5.74) is 9.25. The van der Waals surface area contributed by atoms with Crippen molar-refractivity contribution in [3.63, 3.8) is 0 Å². The van der Waals surface area contributed by atoms with Gasteiger partial charge in [0.25, 0.3) is 5.91 Å². The minimum absolute atomic E-state index is 0.00658. The third-order valence-electron chi connectivity index (χ3n) is 7.08. The Hall–Kier alpha value is -4.59. The lowest BCUT2D eigenvalue weighted by Gasteiger charge is -2.19. The van der Waals surface area contributed by atoms with Gasteiger partial charge in [-0.15, -0.1) is 0 Å². The van der Waals surface area contributed by atoms with E-state index in [0.29, 0.717) is 47.6 Å². The molecule has 3 aromatic carbocycles. The normalized spacial score (nSPS) is 11.3. The molecule has 0 saturated heterocycles. The monoisotopic (exact) mass is 554 g/mol. The third kappa shape index (κ3) is 7.33. The van der Waals surface area contributed by atoms with Gasteiger partial charge in [0.05, 0.1) is 29.4 Å². The Morgan fingerprint density at radius 3 is 2.34 bits per heavy atom. The van der Waals surface area contributed by atoms with Crippen molar-refractivity contribution in [1.29, 1.82) is 0 Å². The van der Waals surface area contributed by atoms with Gasteiger partial charge in [-0.3, -0.25) is 14.4 Å². The molecule has 41 heavy (non-hydrogen) atoms. The van der Waals surface area contributed by atoms with Crippen molar-refractivity contribution in [3.8, 4) is 5.75 Å². The zero-order valence-electron chi connectivity index (χ0n) is 24.1. The molecule has 4 N–H and O–H groups in total. The maximum atomic E-state index is 13.4. The average molecular weight is 555 g/mol. The largest absolute Gasteiger partial charge is 0.497 e. The lowest BCUT2D eigenvalue weighted by atomic mass is 9.87. The van der Waals surface area contributed by atoms with Crippen molar-refractivity contribution in [3.05, 3.63) is 94.3 Å². The van der Waals surface area contributed by atoms with E-state index < -0.39 is 5.91 Å². The van der Waals surface area contributed by atoms with E-state index in [-0.39, 0.29) is 22.3 Å². The molecule has 1 aromatic heterocycles. The number of benzene rings is 3. The highest BCUT2D eigenvalue weighted by molar-refractivity contribution is 6.05. The number of anilines is 3. The molecule has 1 heterocycles. The van der Waals surface area contributed by atoms with Gasteiger partial charge >= 0.3 is 0 Å². The lowest BCUT2D eigenvalue weighted by molar-refractivity contribution is -0.116. The van der Waals surface area contributed by atoms with Gasteiger partial charge in [0.15, 0.2) is 0 Å². The molecule has 8 nitrogen and oxygen atoms in total. The Bertz CT molecular complexity index is 1600. The second kappa shape index (κ2) is 12.7. The number of methoxy groups -OCH3 is 1. The summed E-state index contributed by atoms with van der Waals surface area (Å²) in [6.07, 6.45) is 4.25. The zero-order valence-corrected chi connectivity index (χ0v) is 24.1. The van der Waals surface area contributed by atoms with Crippen LogP contribution in [0.3, 0.4) is 0 Å². The van der Waals surface area contributed by atoms with Crippen molar-refractivity contribution in [2.45, 2.75) is 58.4 Å². The molecule has 0 atom stereocenters. The molecule has 0 bridgehead atoms. The molecule has 0 aliphatic rings. The van der Waals surface area contributed by atoms with Gasteiger partial charge in [0, 0.05) is 24.8 Å². The fraction of sp³-hybridized carbons (Fsp3) is 0.303. The van der Waals surface area contributed by atoms with Gasteiger partial charge in [-0.2, -0.15) is 0 Å². The predicted octanol–water partition coefficient (Wildman–Crippen LogP) is 6.34. The molecule has 4 rings (SSSR count). The molecule has 0 aliphatic carbocycles. The smallest absolute Gasteiger partial charge is 0.261 e. The molecule has 8 heteroatoms. The van der Waals surface area contributed by atoms with Gasteiger partial charge in [-0.25, -0.2) is 0 Å². The summed E-state index contributed by atoms with van der Waals surface area (Å²) in [6.45, 7) is 6.96. The molecule has 0 radical (unpaired) electrons. The highest BCUT2D eigenvalue weighted by Gasteiger charge is 2.18. The van der Waals surface area contributed by atoms with E-state index in [0.717, 1.165) is 23.9 Å². The molecular formula is C33H38N4O4. The molecule has 0 unspecified atom stereocenters. The van der Waals surface area contributed by atoms with Crippen molar-refractivity contribution >= 4 is 39.8 Å². The van der Waals surface area contributed by atoms with E-state index in [1.165, 1.54) is 0 Å². The number of nitrogens with two attached hydrogens (primary N) is 1. The van der Waals surface area contributed by atoms with E-state index in [1.54, 1.807) is 37.6 Å². The first kappa shape index (κ1) is 29.4. The number of nitrogens with one attached hydrogen (secondary N) is 2. The van der Waals surface area contributed by atoms with E-state index >= 15 is 0 Å². The van der Waals surface area contributed by atoms with Crippen LogP contribution in [0.1, 0.15) is 62.4 Å². The van der Waals surface area contributed by atoms with Crippen molar-refractivity contribution in [1.82, 2.24) is 4.57 Å². The van der Waals surface area contributed by atoms with Gasteiger partial charge in [-0.1, -0.05) is 51.5 Å². The standard InChI is InChI=1S/C33H38N4O4/c1-33(2,3)22-13-15-23(16-14-22)35-32(40)26-21-37(29-18-17-24(41-4)20-25(29)31(26)39)19-9-5-6-12-30(38)36-28-11-8-7-10-27(28)34/h7-8,10-11,13-18,20-21H,5-6,9,12,19,34H2,1-4H3,(H,35,40)(H,36,38). The van der Waals surface area contributed by atoms with E-state index in [1.807, 2.05) is 47.0 Å². The Labute approximate surface area is 240 Å². The minimum Gasteiger partial charge on any atom is -0.497 e. The van der Waals surface area contributed by atoms with E-state index in [2.05, 4.69) is 31.4 Å². The first-order valence-electron chi connectivity index (χ1n) is 13.8. The quantitative estimate of drug-likeness (QED) is 0.156. The molecule has 4 aromatic rings. The number of amides is 2. The summed E-state index contributed by atoms with van der Waals surface area (Å²) in [4.78, 5) is 39.0. The fourth-order valence-corrected chi connectivity index (χ4v) is 4.67. The van der Waals surface area contributed by atoms with Crippen LogP contribution in [0, 0.1) is 0 Å². The number of ether oxygens (including phenoxy) is 1. The first-order chi connectivity index (χ1) is 19.6. The van der Waals surface area contributed by atoms with Gasteiger partial charge in [0.1, 0.15) is 11.3 Å². The zero-order chi connectivity index (χ0) is 29.6. The highest BCUT2D eigenvalue weighted by atomic mass is 16.5. The number of pyridine rings is 1. The molecular weight excluding hydrogens is 516 g/mol. The SMILES string of the molecule is COc1ccc2c(c1)c(=O)c(C(=O)Nc1ccc(C(C)(C)C)cc1)cn2CCCCCC(=O)Nc1ccccc1N. The second-order valence-electron chi connectivity index (χ2n) is 11.2. The lowest BCUT2D eigenvalue weighted by Crippen LogP contribution is -2.24. The summed E-state index contributed by atoms with van der Waals surface area (Å²) < 4.78 is 7.27. The van der Waals surface area contributed by atoms with Crippen LogP contribution < -0.4 is 26.5 Å². The molecule has 0 aliphatic heterocycles. The molecule has 0 saturated carbocycles. The van der Waals surface area contributed by atoms with Crippen LogP contribution in [0.15, 0.2) is 77.7 Å². The van der Waals surface area contributed by atoms with Crippen molar-refractivity contribution in [2.24, 2.45) is 0 Å². The van der Waals surface area contributed by atoms with Crippen molar-refractivity contribution < 1.29 is 14.3 Å². The van der Waals surface area contributed by atoms with E-state index in [9.17, 15) is 14.4 Å². The number of fused-ring (bicyclic) bond motifs is 1. The number of carbonyl (C=O) groups excluding carboxylic acids is 2. The predicted molar refractivity (Wildman–Crippen MR) is 166 cm³/mol. The number of carbonyl (C=O) groups is 2. The summed E-state index contributed by atoms with van der Waals surface area (Å²) in [6, 6.07) is 20.1. The number of nitrogen functional groups attached to an aromatic ring is 1. The van der Waals surface area contributed by atoms with Crippen LogP contribution in [0.2, 0.25) is 0 Å². The fourth-order valence-electron chi connectivity index (χ4n) is 4.67. The third-order valence-corrected chi connectivity index (χ3v) is 7.08. The van der Waals surface area contributed by atoms with Gasteiger partial charge in [0.2, 0.25) is 11.3 Å². The van der Waals surface area contributed by atoms with E-state index in [4.69, 9.17) is 10.5 Å². The number of unbranched alkanes of at least 4 members (excludes halogenated alkanes) is 2. The number of nitrogens with zero attached hydrogens (tertiary/aromatic N) is 1. The average Bonchev–Trinajstić information content (AvgIpc) is 2.94. The molecule has 0 fully saturated rings. The molecule has 2 amide bonds. The van der Waals surface area contributed by atoms with Crippen LogP contribution in [0.5, 0.6) is 5.75 Å². The van der Waals surface area contributed by atoms with Crippen LogP contribution in [-0.4, -0.2) is 23.5 Å². The number of aromatic nitrogens is 1. The number of rotatable bonds is 10. The Morgan fingerprint density at radius 1 is 0.927 bits per heavy atom. The van der Waals surface area contributed by atoms with Crippen LogP contribution in [-0.2, 0) is 16.8 Å². The molecule has 214 valence electrons. The maximum Gasteiger partial charge on any atom is 0.261 e. The second-order valence-corrected chi connectivity index (χ2v) is 11.2. The minimum atomic E-state index is -0.464. The highest BCUT2D eigenvalue weighted by Crippen LogP contribution is 2.24. The maximum absolute atomic E-state index is 13.4. The first-order valence-corrected chi connectivity index (χ1v) is 13.8. The summed E-state index contributed by atoms with van der Waals surface area (Å²) >= 11 is 0. The van der Waals surface area contributed by atoms with Crippen LogP contribution >= 0.6 is 0 Å². The topological polar surface area (TPSA) is 115 Å². The Balaban J connectivity index is 1.47.